The molecule has 12 N–H and O–H groups in total. The summed E-state index contributed by atoms with van der Waals surface area (Å²) in [7, 11) is 0. The Morgan fingerprint density at radius 2 is 0.441 bits per heavy atom. The van der Waals surface area contributed by atoms with Crippen LogP contribution in [0.4, 0.5) is 0 Å². The van der Waals surface area contributed by atoms with E-state index in [0.29, 0.717) is 0 Å². The van der Waals surface area contributed by atoms with E-state index in [1.54, 1.807) is 55.4 Å². The van der Waals surface area contributed by atoms with Gasteiger partial charge in [-0.2, -0.15) is 0 Å². The molecule has 0 saturated carbocycles. The third-order valence-corrected chi connectivity index (χ3v) is 10.5. The lowest BCUT2D eigenvalue weighted by Gasteiger charge is -2.30. The molecule has 1 rings (SSSR count). The average Bonchev–Trinajstić information content (AvgIpc) is 3.20. The van der Waals surface area contributed by atoms with Crippen molar-refractivity contribution >= 4 is 71.1 Å². The van der Waals surface area contributed by atoms with E-state index in [0.717, 1.165) is 0 Å². The minimum Gasteiger partial charge on any atom is -0.481 e. The lowest BCUT2D eigenvalue weighted by atomic mass is 9.99. The maximum absolute atomic E-state index is 14.0. The fourth-order valence-electron chi connectivity index (χ4n) is 7.14. The lowest BCUT2D eigenvalue weighted by molar-refractivity contribution is -0.139. The van der Waals surface area contributed by atoms with E-state index in [1.807, 2.05) is 0 Å². The van der Waals surface area contributed by atoms with E-state index < -0.39 is 171 Å². The lowest BCUT2D eigenvalue weighted by Crippen LogP contribution is -2.61. The highest BCUT2D eigenvalue weighted by molar-refractivity contribution is 5.99. The van der Waals surface area contributed by atoms with Gasteiger partial charge in [0.2, 0.25) is 47.3 Å². The maximum atomic E-state index is 14.0. The van der Waals surface area contributed by atoms with Crippen LogP contribution in [0, 0.1) is 23.7 Å². The van der Waals surface area contributed by atoms with Gasteiger partial charge in [-0.15, -0.1) is 0 Å². The zero-order chi connectivity index (χ0) is 52.0. The van der Waals surface area contributed by atoms with Gasteiger partial charge in [0.15, 0.2) is 0 Å². The molecular weight excluding hydrogens is 897 g/mol. The smallest absolute Gasteiger partial charge is 0.303 e. The minimum absolute atomic E-state index is 0.0872. The van der Waals surface area contributed by atoms with Crippen molar-refractivity contribution in [3.8, 4) is 0 Å². The summed E-state index contributed by atoms with van der Waals surface area (Å²) in [5, 5.41) is 57.9. The van der Waals surface area contributed by atoms with Gasteiger partial charge >= 0.3 is 23.9 Å². The van der Waals surface area contributed by atoms with E-state index in [2.05, 4.69) is 42.5 Å². The van der Waals surface area contributed by atoms with Crippen LogP contribution >= 0.6 is 0 Å². The Morgan fingerprint density at radius 3 is 0.574 bits per heavy atom. The number of amides is 8. The second-order valence-corrected chi connectivity index (χ2v) is 18.7. The summed E-state index contributed by atoms with van der Waals surface area (Å²) in [6.45, 7) is 13.5. The Labute approximate surface area is 395 Å². The predicted molar refractivity (Wildman–Crippen MR) is 241 cm³/mol. The molecule has 1 saturated heterocycles. The third-order valence-electron chi connectivity index (χ3n) is 10.5. The van der Waals surface area contributed by atoms with Crippen LogP contribution in [0.3, 0.4) is 0 Å². The van der Waals surface area contributed by atoms with Gasteiger partial charge in [-0.3, -0.25) is 57.5 Å². The molecule has 0 unspecified atom stereocenters. The topological polar surface area (TPSA) is 382 Å². The first-order valence-electron chi connectivity index (χ1n) is 22.9. The molecule has 1 aliphatic heterocycles. The predicted octanol–water partition coefficient (Wildman–Crippen LogP) is -0.478. The van der Waals surface area contributed by atoms with Gasteiger partial charge < -0.3 is 63.0 Å². The molecule has 68 heavy (non-hydrogen) atoms. The van der Waals surface area contributed by atoms with E-state index >= 15 is 0 Å². The molecule has 384 valence electrons. The molecule has 0 spiro atoms. The molecule has 0 aromatic carbocycles. The third kappa shape index (κ3) is 23.4. The molecule has 0 aliphatic carbocycles. The van der Waals surface area contributed by atoms with Crippen molar-refractivity contribution < 1.29 is 78.0 Å². The van der Waals surface area contributed by atoms with E-state index in [1.165, 1.54) is 0 Å². The summed E-state index contributed by atoms with van der Waals surface area (Å²) in [5.41, 5.74) is 0. The summed E-state index contributed by atoms with van der Waals surface area (Å²) < 4.78 is 0. The normalized spacial score (nSPS) is 24.4. The van der Waals surface area contributed by atoms with Crippen molar-refractivity contribution in [2.24, 2.45) is 23.7 Å². The van der Waals surface area contributed by atoms with Gasteiger partial charge in [-0.1, -0.05) is 55.4 Å². The quantitative estimate of drug-likeness (QED) is 0.0733. The van der Waals surface area contributed by atoms with Gasteiger partial charge in [-0.25, -0.2) is 0 Å². The van der Waals surface area contributed by atoms with Crippen LogP contribution in [0.2, 0.25) is 0 Å². The van der Waals surface area contributed by atoms with Crippen LogP contribution in [-0.2, 0) is 57.5 Å². The van der Waals surface area contributed by atoms with Gasteiger partial charge in [-0.05, 0) is 75.0 Å². The zero-order valence-corrected chi connectivity index (χ0v) is 40.1. The minimum atomic E-state index is -1.64. The van der Waals surface area contributed by atoms with Crippen LogP contribution in [0.15, 0.2) is 0 Å². The number of carbonyl (C=O) groups is 12. The number of carbonyl (C=O) groups excluding carboxylic acids is 8. The number of rotatable bonds is 20. The van der Waals surface area contributed by atoms with Crippen LogP contribution < -0.4 is 42.5 Å². The molecule has 24 nitrogen and oxygen atoms in total. The highest BCUT2D eigenvalue weighted by Gasteiger charge is 2.37. The summed E-state index contributed by atoms with van der Waals surface area (Å²) in [6, 6.07) is -12.4. The fraction of sp³-hybridized carbons (Fsp3) is 0.727. The van der Waals surface area contributed by atoms with Crippen LogP contribution in [-0.4, -0.2) is 140 Å². The number of nitrogens with one attached hydrogen (secondary N) is 8. The van der Waals surface area contributed by atoms with Crippen molar-refractivity contribution in [1.29, 1.82) is 0 Å². The van der Waals surface area contributed by atoms with Crippen molar-refractivity contribution in [3.63, 3.8) is 0 Å². The standard InChI is InChI=1S/C44H72N8O16/c1-21(2)17-29-41(65)45-26(10-14-34(55)56)38(62)50-31(19-23(5)6)43(67)47-28(12-16-36(59)60)40(64)52-32(20-24(7)8)44(68)48-27(11-15-35(57)58)39(63)51-30(18-22(3)4)42(66)46-25(37(61)49-29)9-13-33(53)54/h21-32H,9-20H2,1-8H3,(H,45,65)(H,46,66)(H,47,67)(H,48,68)(H,49,61)(H,50,62)(H,51,63)(H,52,64)(H,53,54)(H,55,56)(H,57,58)(H,59,60)/t25-,26-,27-,28-,29+,30+,31+,32+/m0/s1. The molecule has 8 amide bonds. The summed E-state index contributed by atoms with van der Waals surface area (Å²) in [6.07, 6.45) is -4.99. The Bertz CT molecular complexity index is 1570. The Morgan fingerprint density at radius 1 is 0.309 bits per heavy atom. The van der Waals surface area contributed by atoms with Crippen LogP contribution in [0.1, 0.15) is 132 Å². The van der Waals surface area contributed by atoms with Crippen molar-refractivity contribution in [1.82, 2.24) is 42.5 Å². The molecule has 8 atom stereocenters. The molecule has 0 bridgehead atoms. The first-order chi connectivity index (χ1) is 31.6. The Hall–Kier alpha value is -6.36. The van der Waals surface area contributed by atoms with Crippen molar-refractivity contribution in [2.45, 2.75) is 181 Å². The Kier molecular flexibility index (Phi) is 25.8. The maximum Gasteiger partial charge on any atom is 0.303 e. The monoisotopic (exact) mass is 969 g/mol. The molecule has 1 fully saturated rings. The van der Waals surface area contributed by atoms with Crippen molar-refractivity contribution in [3.05, 3.63) is 0 Å². The Balaban J connectivity index is 4.13. The number of hydrogen-bond donors (Lipinski definition) is 12. The van der Waals surface area contributed by atoms with Gasteiger partial charge in [0.1, 0.15) is 48.3 Å². The molecular formula is C44H72N8O16. The highest BCUT2D eigenvalue weighted by atomic mass is 16.4. The first kappa shape index (κ1) is 59.7. The molecule has 1 heterocycles. The van der Waals surface area contributed by atoms with Gasteiger partial charge in [0, 0.05) is 25.7 Å². The molecule has 0 radical (unpaired) electrons. The molecule has 0 aromatic rings. The summed E-state index contributed by atoms with van der Waals surface area (Å²) >= 11 is 0. The summed E-state index contributed by atoms with van der Waals surface area (Å²) in [4.78, 5) is 159. The largest absolute Gasteiger partial charge is 0.481 e. The van der Waals surface area contributed by atoms with E-state index in [4.69, 9.17) is 0 Å². The van der Waals surface area contributed by atoms with Gasteiger partial charge in [0.25, 0.3) is 0 Å². The molecule has 24 heteroatoms. The summed E-state index contributed by atoms with van der Waals surface area (Å²) in [5.74, 6) is -14.8. The number of carboxylic acids is 4. The fourth-order valence-corrected chi connectivity index (χ4v) is 7.14. The zero-order valence-electron chi connectivity index (χ0n) is 40.1. The second-order valence-electron chi connectivity index (χ2n) is 18.7. The van der Waals surface area contributed by atoms with Crippen LogP contribution in [0.5, 0.6) is 0 Å². The first-order valence-corrected chi connectivity index (χ1v) is 22.9. The number of aliphatic carboxylic acids is 4. The highest BCUT2D eigenvalue weighted by Crippen LogP contribution is 2.14. The van der Waals surface area contributed by atoms with E-state index in [-0.39, 0.29) is 49.4 Å². The molecule has 1 aliphatic rings. The number of carboxylic acid groups (broad SMARTS) is 4. The van der Waals surface area contributed by atoms with Crippen molar-refractivity contribution in [2.75, 3.05) is 0 Å². The van der Waals surface area contributed by atoms with Gasteiger partial charge in [0.05, 0.1) is 0 Å². The van der Waals surface area contributed by atoms with E-state index in [9.17, 15) is 78.0 Å². The second kappa shape index (κ2) is 29.4. The average molecular weight is 969 g/mol. The van der Waals surface area contributed by atoms with Crippen LogP contribution in [0.25, 0.3) is 0 Å². The SMILES string of the molecule is CC(C)C[C@H]1NC(=O)[C@H](CCC(=O)O)NC(=O)[C@@H](CC(C)C)NC(=O)[C@H](CCC(=O)O)NC(=O)[C@@H](CC(C)C)NC(=O)[C@H](CCC(=O)O)NC(=O)[C@@H](CC(C)C)NC(=O)[C@H](CCC(=O)O)NC1=O. The number of hydrogen-bond acceptors (Lipinski definition) is 12. The molecule has 0 aromatic heterocycles.